The van der Waals surface area contributed by atoms with Crippen molar-refractivity contribution in [3.63, 3.8) is 0 Å². The Morgan fingerprint density at radius 1 is 1.06 bits per heavy atom. The zero-order chi connectivity index (χ0) is 22.1. The van der Waals surface area contributed by atoms with E-state index in [2.05, 4.69) is 27.8 Å². The number of amides is 2. The summed E-state index contributed by atoms with van der Waals surface area (Å²) in [5.41, 5.74) is 3.94. The number of nitrogens with zero attached hydrogens (tertiary/aromatic N) is 1. The predicted molar refractivity (Wildman–Crippen MR) is 127 cm³/mol. The van der Waals surface area contributed by atoms with E-state index in [-0.39, 0.29) is 17.9 Å². The fraction of sp³-hybridized carbons (Fsp3) is 0.160. The summed E-state index contributed by atoms with van der Waals surface area (Å²) >= 11 is 7.51. The molecule has 0 radical (unpaired) electrons. The average Bonchev–Trinajstić information content (AvgIpc) is 3.43. The Labute approximate surface area is 194 Å². The van der Waals surface area contributed by atoms with Gasteiger partial charge in [0.25, 0.3) is 11.8 Å². The summed E-state index contributed by atoms with van der Waals surface area (Å²) in [6, 6.07) is 17.4. The van der Waals surface area contributed by atoms with Gasteiger partial charge in [0, 0.05) is 29.9 Å². The third-order valence-electron chi connectivity index (χ3n) is 5.70. The third-order valence-corrected chi connectivity index (χ3v) is 7.07. The molecule has 0 spiro atoms. The minimum Gasteiger partial charge on any atom is -0.347 e. The molecule has 1 atom stereocenters. The Morgan fingerprint density at radius 2 is 1.94 bits per heavy atom. The summed E-state index contributed by atoms with van der Waals surface area (Å²) < 4.78 is 0.870. The topological polar surface area (TPSA) is 71.1 Å². The van der Waals surface area contributed by atoms with Crippen LogP contribution in [0.5, 0.6) is 0 Å². The Hall–Kier alpha value is -3.22. The molecular formula is C25H20ClN3O2S. The summed E-state index contributed by atoms with van der Waals surface area (Å²) in [6.07, 6.45) is 5.16. The molecule has 5 nitrogen and oxygen atoms in total. The summed E-state index contributed by atoms with van der Waals surface area (Å²) in [5, 5.41) is 7.42. The molecule has 0 bridgehead atoms. The van der Waals surface area contributed by atoms with Crippen LogP contribution in [0.3, 0.4) is 0 Å². The number of hydrogen-bond donors (Lipinski definition) is 2. The fourth-order valence-electron chi connectivity index (χ4n) is 4.08. The lowest BCUT2D eigenvalue weighted by Gasteiger charge is -2.14. The molecule has 0 unspecified atom stereocenters. The molecule has 0 fully saturated rings. The summed E-state index contributed by atoms with van der Waals surface area (Å²) in [6.45, 7) is 0.326. The maximum absolute atomic E-state index is 12.8. The van der Waals surface area contributed by atoms with Gasteiger partial charge in [0.1, 0.15) is 0 Å². The number of fused-ring (bicyclic) bond motifs is 2. The molecule has 0 saturated carbocycles. The molecule has 2 N–H and O–H groups in total. The fourth-order valence-corrected chi connectivity index (χ4v) is 5.32. The summed E-state index contributed by atoms with van der Waals surface area (Å²) in [4.78, 5) is 30.1. The van der Waals surface area contributed by atoms with E-state index in [1.807, 2.05) is 30.3 Å². The van der Waals surface area contributed by atoms with E-state index in [1.165, 1.54) is 22.5 Å². The van der Waals surface area contributed by atoms with Crippen molar-refractivity contribution in [2.75, 3.05) is 0 Å². The molecule has 4 aromatic rings. The number of carbonyl (C=O) groups is 2. The van der Waals surface area contributed by atoms with E-state index >= 15 is 0 Å². The quantitative estimate of drug-likeness (QED) is 0.424. The molecule has 32 heavy (non-hydrogen) atoms. The van der Waals surface area contributed by atoms with Crippen LogP contribution in [0, 0.1) is 0 Å². The van der Waals surface area contributed by atoms with Gasteiger partial charge in [-0.15, -0.1) is 11.3 Å². The van der Waals surface area contributed by atoms with Crippen LogP contribution in [-0.4, -0.2) is 16.8 Å². The second kappa shape index (κ2) is 8.73. The highest BCUT2D eigenvalue weighted by atomic mass is 35.5. The molecule has 2 aromatic heterocycles. The molecule has 0 aliphatic heterocycles. The van der Waals surface area contributed by atoms with Crippen LogP contribution >= 0.6 is 22.9 Å². The Balaban J connectivity index is 1.24. The zero-order valence-electron chi connectivity index (χ0n) is 17.1. The standard InChI is InChI=1S/C25H20ClN3O2S/c26-20-13-27-14-23-19(20)11-22(32-23)25(31)28-12-15-4-3-6-17(10-15)24(30)29-21-9-8-16-5-1-2-7-18(16)21/h1-7,10-11,13-14,21H,8-9,12H2,(H,28,31)(H,29,30)/t21-/m0/s1. The van der Waals surface area contributed by atoms with Gasteiger partial charge in [0.05, 0.1) is 20.6 Å². The monoisotopic (exact) mass is 461 g/mol. The average molecular weight is 462 g/mol. The van der Waals surface area contributed by atoms with Gasteiger partial charge in [0.15, 0.2) is 0 Å². The number of aryl methyl sites for hydroxylation is 1. The summed E-state index contributed by atoms with van der Waals surface area (Å²) in [7, 11) is 0. The zero-order valence-corrected chi connectivity index (χ0v) is 18.7. The van der Waals surface area contributed by atoms with Crippen LogP contribution in [0.2, 0.25) is 5.02 Å². The van der Waals surface area contributed by atoms with Crippen molar-refractivity contribution in [1.29, 1.82) is 0 Å². The highest BCUT2D eigenvalue weighted by Crippen LogP contribution is 2.31. The first-order valence-corrected chi connectivity index (χ1v) is 11.6. The lowest BCUT2D eigenvalue weighted by Crippen LogP contribution is -2.27. The van der Waals surface area contributed by atoms with Crippen LogP contribution in [0.4, 0.5) is 0 Å². The van der Waals surface area contributed by atoms with Crippen molar-refractivity contribution < 1.29 is 9.59 Å². The predicted octanol–water partition coefficient (Wildman–Crippen LogP) is 5.30. The van der Waals surface area contributed by atoms with Crippen LogP contribution in [0.1, 0.15) is 49.2 Å². The number of nitrogens with one attached hydrogen (secondary N) is 2. The first-order valence-electron chi connectivity index (χ1n) is 10.4. The van der Waals surface area contributed by atoms with Crippen molar-refractivity contribution in [3.8, 4) is 0 Å². The number of aromatic nitrogens is 1. The second-order valence-corrected chi connectivity index (χ2v) is 9.28. The van der Waals surface area contributed by atoms with E-state index in [0.29, 0.717) is 22.0 Å². The van der Waals surface area contributed by atoms with Crippen molar-refractivity contribution in [2.24, 2.45) is 0 Å². The van der Waals surface area contributed by atoms with Gasteiger partial charge in [0.2, 0.25) is 0 Å². The largest absolute Gasteiger partial charge is 0.347 e. The Morgan fingerprint density at radius 3 is 2.81 bits per heavy atom. The number of benzene rings is 2. The number of thiophene rings is 1. The van der Waals surface area contributed by atoms with E-state index in [1.54, 1.807) is 24.5 Å². The van der Waals surface area contributed by atoms with Crippen molar-refractivity contribution >= 4 is 44.8 Å². The van der Waals surface area contributed by atoms with Gasteiger partial charge in [-0.2, -0.15) is 0 Å². The number of pyridine rings is 1. The van der Waals surface area contributed by atoms with Crippen LogP contribution in [0.25, 0.3) is 10.1 Å². The molecule has 0 saturated heterocycles. The highest BCUT2D eigenvalue weighted by Gasteiger charge is 2.23. The Kier molecular flexibility index (Phi) is 5.64. The minimum absolute atomic E-state index is 0.0383. The van der Waals surface area contributed by atoms with Crippen LogP contribution in [0.15, 0.2) is 67.0 Å². The van der Waals surface area contributed by atoms with Gasteiger partial charge in [-0.25, -0.2) is 0 Å². The van der Waals surface area contributed by atoms with E-state index in [0.717, 1.165) is 28.5 Å². The van der Waals surface area contributed by atoms with Crippen molar-refractivity contribution in [3.05, 3.63) is 99.1 Å². The molecule has 1 aliphatic carbocycles. The minimum atomic E-state index is -0.181. The smallest absolute Gasteiger partial charge is 0.261 e. The first kappa shape index (κ1) is 20.7. The Bertz CT molecular complexity index is 1330. The van der Waals surface area contributed by atoms with Gasteiger partial charge in [-0.3, -0.25) is 14.6 Å². The van der Waals surface area contributed by atoms with E-state index in [9.17, 15) is 9.59 Å². The number of halogens is 1. The number of carbonyl (C=O) groups excluding carboxylic acids is 2. The van der Waals surface area contributed by atoms with Gasteiger partial charge >= 0.3 is 0 Å². The lowest BCUT2D eigenvalue weighted by atomic mass is 10.1. The van der Waals surface area contributed by atoms with Crippen molar-refractivity contribution in [1.82, 2.24) is 15.6 Å². The molecule has 2 heterocycles. The normalized spacial score (nSPS) is 14.8. The van der Waals surface area contributed by atoms with Gasteiger partial charge in [-0.1, -0.05) is 48.0 Å². The third kappa shape index (κ3) is 4.11. The van der Waals surface area contributed by atoms with Crippen LogP contribution < -0.4 is 10.6 Å². The number of hydrogen-bond acceptors (Lipinski definition) is 4. The SMILES string of the molecule is O=C(N[C@H]1CCc2ccccc21)c1cccc(CNC(=O)c2cc3c(Cl)cncc3s2)c1. The molecule has 1 aliphatic rings. The second-order valence-electron chi connectivity index (χ2n) is 7.79. The maximum Gasteiger partial charge on any atom is 0.261 e. The first-order chi connectivity index (χ1) is 15.6. The molecule has 2 amide bonds. The van der Waals surface area contributed by atoms with Crippen molar-refractivity contribution in [2.45, 2.75) is 25.4 Å². The van der Waals surface area contributed by atoms with E-state index in [4.69, 9.17) is 11.6 Å². The van der Waals surface area contributed by atoms with Gasteiger partial charge < -0.3 is 10.6 Å². The molecular weight excluding hydrogens is 442 g/mol. The maximum atomic E-state index is 12.8. The highest BCUT2D eigenvalue weighted by molar-refractivity contribution is 7.20. The molecule has 160 valence electrons. The molecule has 2 aromatic carbocycles. The molecule has 5 rings (SSSR count). The lowest BCUT2D eigenvalue weighted by molar-refractivity contribution is 0.0935. The van der Waals surface area contributed by atoms with E-state index < -0.39 is 0 Å². The number of rotatable bonds is 5. The summed E-state index contributed by atoms with van der Waals surface area (Å²) in [5.74, 6) is -0.286. The van der Waals surface area contributed by atoms with Crippen LogP contribution in [-0.2, 0) is 13.0 Å². The van der Waals surface area contributed by atoms with Gasteiger partial charge in [-0.05, 0) is 47.7 Å². The molecule has 7 heteroatoms.